The summed E-state index contributed by atoms with van der Waals surface area (Å²) in [7, 11) is -8.58. The summed E-state index contributed by atoms with van der Waals surface area (Å²) in [5.41, 5.74) is 14.7. The van der Waals surface area contributed by atoms with Gasteiger partial charge >= 0.3 is 6.03 Å². The number of carbonyl (C=O) groups excluding carboxylic acids is 11. The van der Waals surface area contributed by atoms with E-state index in [0.717, 1.165) is 31.7 Å². The van der Waals surface area contributed by atoms with Crippen LogP contribution >= 0.6 is 11.6 Å². The Labute approximate surface area is 695 Å². The van der Waals surface area contributed by atoms with Gasteiger partial charge in [-0.2, -0.15) is 0 Å². The van der Waals surface area contributed by atoms with Gasteiger partial charge in [0.25, 0.3) is 5.91 Å². The first-order valence-electron chi connectivity index (χ1n) is 39.1. The van der Waals surface area contributed by atoms with Crippen LogP contribution in [0.2, 0.25) is 5.02 Å². The molecular weight excluding hydrogens is 1600 g/mol. The largest absolute Gasteiger partial charge is 0.394 e. The van der Waals surface area contributed by atoms with E-state index >= 15 is 24.0 Å². The maximum atomic E-state index is 15.6. The van der Waals surface area contributed by atoms with Crippen LogP contribution in [-0.2, 0) is 118 Å². The van der Waals surface area contributed by atoms with Gasteiger partial charge in [-0.15, -0.1) is 0 Å². The van der Waals surface area contributed by atoms with Gasteiger partial charge in [-0.05, 0) is 107 Å². The number of urea groups is 1. The standard InChI is InChI=1S/C81H105ClN18O17S2/c1-49(2)37-62(71(103)90-61(15-9-31-88-80(84)85)78(110)99-32-10-16-68(99)76(108)89-50(3)70(83)102)91-72(104)63(40-53-19-23-56(24-20-53)45-98(47-118(86,113)114)48-119(87,115)116)92-73(105)64(41-52-17-21-55(22-18-52)44-97-33-35-117-36-34-97)93-75(107)67(46-101)95-74(106)65(39-51-11-5-4-6-12-51)94-77(109)69(43-54-26-29-60(82)30-27-54)100-79(111)66(96-81(100)112)42-57-25-28-58-13-7-8-14-59(58)38-57/h4-8,11-14,17-30,38,49-50,61-69,101H,9-10,15-16,31-37,39-48H2,1-3H3,(H2,83,102)(H,89,108)(H,90,103)(H,91,104)(H,92,105)(H,93,107)(H,94,109)(H,95,106)(H,96,112)(H4,84,85,88)(H2,86,113,114)(H2,87,115,116)/t50-,61+,62+,63-,64+,65-,66?,67+,68+,69?/m1/s1. The van der Waals surface area contributed by atoms with E-state index in [1.807, 2.05) is 54.6 Å². The molecule has 0 aromatic heterocycles. The summed E-state index contributed by atoms with van der Waals surface area (Å²) in [5.74, 6) is -11.4. The van der Waals surface area contributed by atoms with Crippen LogP contribution in [0.15, 0.2) is 146 Å². The first kappa shape index (κ1) is 91.9. The molecule has 2 unspecified atom stereocenters. The van der Waals surface area contributed by atoms with Crippen molar-refractivity contribution in [3.63, 3.8) is 0 Å². The number of morpholine rings is 1. The number of benzene rings is 6. The molecule has 10 atom stereocenters. The highest BCUT2D eigenvalue weighted by atomic mass is 35.5. The zero-order valence-electron chi connectivity index (χ0n) is 66.3. The van der Waals surface area contributed by atoms with E-state index in [4.69, 9.17) is 43.5 Å². The summed E-state index contributed by atoms with van der Waals surface area (Å²) in [5, 5.41) is 55.9. The zero-order valence-corrected chi connectivity index (χ0v) is 68.7. The second-order valence-corrected chi connectivity index (χ2v) is 34.1. The van der Waals surface area contributed by atoms with Crippen LogP contribution < -0.4 is 69.6 Å². The minimum atomic E-state index is -4.29. The number of primary amides is 1. The number of ether oxygens (including phenoxy) is 1. The molecule has 0 bridgehead atoms. The average Bonchev–Trinajstić information content (AvgIpc) is 1.65. The Morgan fingerprint density at radius 3 is 1.64 bits per heavy atom. The Bertz CT molecular complexity index is 4810. The Morgan fingerprint density at radius 2 is 1.08 bits per heavy atom. The summed E-state index contributed by atoms with van der Waals surface area (Å²) in [6, 6.07) is 25.7. The van der Waals surface area contributed by atoms with Crippen molar-refractivity contribution >= 4 is 113 Å². The smallest absolute Gasteiger partial charge is 0.325 e. The predicted molar refractivity (Wildman–Crippen MR) is 443 cm³/mol. The van der Waals surface area contributed by atoms with Gasteiger partial charge in [0.15, 0.2) is 5.96 Å². The topological polar surface area (TPSA) is 535 Å². The normalized spacial score (nSPS) is 17.2. The molecule has 119 heavy (non-hydrogen) atoms. The van der Waals surface area contributed by atoms with Crippen LogP contribution in [0.3, 0.4) is 0 Å². The molecule has 0 radical (unpaired) electrons. The fourth-order valence-electron chi connectivity index (χ4n) is 14.3. The van der Waals surface area contributed by atoms with Gasteiger partial charge in [0, 0.05) is 76.4 Å². The number of aliphatic hydroxyl groups excluding tert-OH is 1. The summed E-state index contributed by atoms with van der Waals surface area (Å²) < 4.78 is 54.5. The molecule has 3 heterocycles. The maximum absolute atomic E-state index is 15.6. The fraction of sp³-hybridized carbons (Fsp3) is 0.432. The van der Waals surface area contributed by atoms with Gasteiger partial charge in [-0.3, -0.25) is 63.2 Å². The second-order valence-electron chi connectivity index (χ2n) is 30.5. The van der Waals surface area contributed by atoms with E-state index in [-0.39, 0.29) is 82.9 Å². The third-order valence-electron chi connectivity index (χ3n) is 20.4. The lowest BCUT2D eigenvalue weighted by Gasteiger charge is -2.31. The number of nitrogens with zero attached hydrogens (tertiary/aromatic N) is 4. The van der Waals surface area contributed by atoms with Crippen molar-refractivity contribution in [2.45, 2.75) is 158 Å². The van der Waals surface area contributed by atoms with E-state index in [0.29, 0.717) is 72.1 Å². The Kier molecular flexibility index (Phi) is 33.3. The highest BCUT2D eigenvalue weighted by Crippen LogP contribution is 2.25. The number of primary sulfonamides is 2. The minimum Gasteiger partial charge on any atom is -0.394 e. The minimum absolute atomic E-state index is 0.0655. The number of amides is 12. The number of nitrogens with two attached hydrogens (primary N) is 4. The van der Waals surface area contributed by atoms with E-state index < -0.39 is 170 Å². The van der Waals surface area contributed by atoms with Crippen LogP contribution in [0.4, 0.5) is 4.79 Å². The lowest BCUT2D eigenvalue weighted by Crippen LogP contribution is -2.61. The third kappa shape index (κ3) is 28.3. The average molecular weight is 1700 g/mol. The van der Waals surface area contributed by atoms with Gasteiger partial charge in [-0.1, -0.05) is 159 Å². The maximum Gasteiger partial charge on any atom is 0.325 e. The molecule has 9 rings (SSSR count). The van der Waals surface area contributed by atoms with Gasteiger partial charge in [-0.25, -0.2) is 36.8 Å². The molecule has 35 nitrogen and oxygen atoms in total. The molecule has 0 saturated carbocycles. The van der Waals surface area contributed by atoms with Gasteiger partial charge in [0.1, 0.15) is 72.2 Å². The van der Waals surface area contributed by atoms with E-state index in [9.17, 15) is 50.7 Å². The Morgan fingerprint density at radius 1 is 0.588 bits per heavy atom. The number of carbonyl (C=O) groups is 11. The van der Waals surface area contributed by atoms with E-state index in [2.05, 4.69) is 52.8 Å². The molecule has 3 aliphatic heterocycles. The number of likely N-dealkylation sites (tertiary alicyclic amines) is 1. The van der Waals surface area contributed by atoms with Crippen molar-refractivity contribution in [3.8, 4) is 0 Å². The third-order valence-corrected chi connectivity index (χ3v) is 22.1. The number of aliphatic hydroxyl groups is 1. The molecule has 19 N–H and O–H groups in total. The Hall–Kier alpha value is -11.0. The Balaban J connectivity index is 1.02. The number of hydrogen-bond donors (Lipinski definition) is 15. The molecular formula is C81H105ClN18O17S2. The SMILES string of the molecule is CC(C)C[C@H](NC(=O)[C@@H](Cc1ccc(CN(CS(N)(=O)=O)CS(N)(=O)=O)cc1)NC(=O)[C@H](Cc1ccc(CN2CCOCC2)cc1)NC(=O)[C@H](CO)NC(=O)[C@@H](Cc1ccccc1)NC(=O)C(Cc1ccc(Cl)cc1)N1C(=O)NC(Cc2ccc3ccccc3c2)C1=O)C(=O)N[C@@H](CCCNC(=N)N)C(=O)N1CCC[C@H]1C(=O)N[C@H](C)C(N)=O. The van der Waals surface area contributed by atoms with E-state index in [1.165, 1.54) is 36.1 Å². The molecule has 640 valence electrons. The molecule has 3 aliphatic rings. The van der Waals surface area contributed by atoms with Crippen molar-refractivity contribution in [1.29, 1.82) is 5.41 Å². The van der Waals surface area contributed by atoms with Crippen LogP contribution in [-0.4, -0.2) is 231 Å². The highest BCUT2D eigenvalue weighted by Gasteiger charge is 2.46. The molecule has 3 fully saturated rings. The van der Waals surface area contributed by atoms with Crippen LogP contribution in [0.1, 0.15) is 91.8 Å². The molecule has 0 spiro atoms. The van der Waals surface area contributed by atoms with Crippen LogP contribution in [0, 0.1) is 11.3 Å². The fourth-order valence-corrected chi connectivity index (χ4v) is 16.0. The molecule has 6 aromatic rings. The number of halogens is 1. The lowest BCUT2D eigenvalue weighted by atomic mass is 9.99. The summed E-state index contributed by atoms with van der Waals surface area (Å²) in [4.78, 5) is 166. The van der Waals surface area contributed by atoms with Crippen molar-refractivity contribution in [1.82, 2.24) is 67.5 Å². The quantitative estimate of drug-likeness (QED) is 0.0100. The molecule has 0 aliphatic carbocycles. The number of guanidine groups is 1. The summed E-state index contributed by atoms with van der Waals surface area (Å²) in [6.07, 6.45) is -0.577. The second kappa shape index (κ2) is 43.1. The predicted octanol–water partition coefficient (Wildman–Crippen LogP) is -0.387. The van der Waals surface area contributed by atoms with Crippen LogP contribution in [0.5, 0.6) is 0 Å². The van der Waals surface area contributed by atoms with Gasteiger partial charge in [0.05, 0.1) is 19.8 Å². The molecule has 38 heteroatoms. The first-order valence-corrected chi connectivity index (χ1v) is 42.9. The molecule has 3 saturated heterocycles. The number of rotatable bonds is 42. The van der Waals surface area contributed by atoms with Crippen molar-refractivity contribution in [2.75, 3.05) is 57.8 Å². The van der Waals surface area contributed by atoms with Crippen molar-refractivity contribution in [2.24, 2.45) is 27.7 Å². The monoisotopic (exact) mass is 1700 g/mol. The summed E-state index contributed by atoms with van der Waals surface area (Å²) in [6.45, 7) is 6.56. The lowest BCUT2D eigenvalue weighted by molar-refractivity contribution is -0.142. The number of imide groups is 1. The van der Waals surface area contributed by atoms with Crippen molar-refractivity contribution in [3.05, 3.63) is 190 Å². The van der Waals surface area contributed by atoms with Gasteiger partial charge < -0.3 is 74.1 Å². The van der Waals surface area contributed by atoms with Crippen LogP contribution in [0.25, 0.3) is 10.8 Å². The molecule has 6 aromatic carbocycles. The number of sulfonamides is 2. The number of fused-ring (bicyclic) bond motifs is 1. The first-order chi connectivity index (χ1) is 56.5. The number of hydrogen-bond acceptors (Lipinski definition) is 20. The van der Waals surface area contributed by atoms with Crippen molar-refractivity contribution < 1.29 is 79.4 Å². The van der Waals surface area contributed by atoms with Gasteiger partial charge in [0.2, 0.25) is 73.2 Å². The van der Waals surface area contributed by atoms with E-state index in [1.54, 1.807) is 80.6 Å². The molecule has 12 amide bonds. The summed E-state index contributed by atoms with van der Waals surface area (Å²) >= 11 is 6.28. The number of nitrogens with one attached hydrogen (secondary N) is 10. The zero-order chi connectivity index (χ0) is 86.3. The highest BCUT2D eigenvalue weighted by molar-refractivity contribution is 7.89.